The van der Waals surface area contributed by atoms with E-state index < -0.39 is 41.0 Å². The first-order valence-electron chi connectivity index (χ1n) is 25.1. The van der Waals surface area contributed by atoms with Gasteiger partial charge in [0, 0.05) is 103 Å². The molecule has 0 bridgehead atoms. The molecule has 8 aromatic carbocycles. The van der Waals surface area contributed by atoms with E-state index >= 15 is 0 Å². The second-order valence-electron chi connectivity index (χ2n) is 19.4. The number of rotatable bonds is 11. The van der Waals surface area contributed by atoms with Gasteiger partial charge < -0.3 is 48.8 Å². The standard InChI is InChI=1S/C32H23Cl2NO7.C30H21Cl2NO6/c1-17(36)40-29-16-28-23(14-25(29)34)32(21-6-4-3-5-20(21)31(39)42-32)22-13-24(33)26(15-27(22)41-28)35(2)19-10-7-18(8-11-19)9-12-30(37)38;1-33(17-9-6-16(7-10-17)8-11-28(35)36)24-14-26-20(12-22(24)31)30(19-5-3-2-4-18(19)29(37)39-30)21-13-23(32)25(34)15-27(21)38-26/h3-8,10-11,13-16H,9,12H2,1-2H3,(H,37,38);2-7,9-10,12-15,34H,8,11H2,1H3,(H,35,36). The highest BCUT2D eigenvalue weighted by Crippen LogP contribution is 2.61. The Hall–Kier alpha value is -8.73. The van der Waals surface area contributed by atoms with Gasteiger partial charge in [0.25, 0.3) is 0 Å². The van der Waals surface area contributed by atoms with E-state index in [0.717, 1.165) is 22.5 Å². The first kappa shape index (κ1) is 54.2. The average Bonchev–Trinajstić information content (AvgIpc) is 3.95. The number of ether oxygens (including phenoxy) is 5. The number of carboxylic acid groups (broad SMARTS) is 2. The summed E-state index contributed by atoms with van der Waals surface area (Å²) in [6, 6.07) is 42.2. The lowest BCUT2D eigenvalue weighted by molar-refractivity contribution is -0.138. The fourth-order valence-electron chi connectivity index (χ4n) is 10.7. The maximum absolute atomic E-state index is 13.2. The molecule has 0 amide bonds. The highest BCUT2D eigenvalue weighted by Gasteiger charge is 2.56. The summed E-state index contributed by atoms with van der Waals surface area (Å²) in [5.41, 5.74) is 5.91. The molecule has 8 aromatic rings. The first-order chi connectivity index (χ1) is 38.8. The van der Waals surface area contributed by atoms with Crippen LogP contribution in [0.2, 0.25) is 20.1 Å². The van der Waals surface area contributed by atoms with E-state index in [4.69, 9.17) is 80.3 Å². The maximum atomic E-state index is 13.2. The van der Waals surface area contributed by atoms with Gasteiger partial charge in [-0.25, -0.2) is 9.59 Å². The second kappa shape index (κ2) is 21.1. The van der Waals surface area contributed by atoms with E-state index in [1.54, 1.807) is 60.7 Å². The molecular formula is C62H44Cl4N2O13. The number of esters is 3. The topological polar surface area (TPSA) is 199 Å². The van der Waals surface area contributed by atoms with Gasteiger partial charge in [0.05, 0.1) is 42.6 Å². The van der Waals surface area contributed by atoms with E-state index in [1.807, 2.05) is 96.7 Å². The summed E-state index contributed by atoms with van der Waals surface area (Å²) in [5, 5.41) is 29.3. The molecular weight excluding hydrogens is 1120 g/mol. The Morgan fingerprint density at radius 3 is 1.31 bits per heavy atom. The Morgan fingerprint density at radius 2 is 0.889 bits per heavy atom. The predicted molar refractivity (Wildman–Crippen MR) is 303 cm³/mol. The number of hydrogen-bond acceptors (Lipinski definition) is 13. The van der Waals surface area contributed by atoms with Gasteiger partial charge in [-0.15, -0.1) is 0 Å². The Labute approximate surface area is 482 Å². The van der Waals surface area contributed by atoms with Crippen molar-refractivity contribution in [2.75, 3.05) is 23.9 Å². The van der Waals surface area contributed by atoms with Gasteiger partial charge in [-0.1, -0.05) is 107 Å². The van der Waals surface area contributed by atoms with Crippen molar-refractivity contribution < 1.29 is 63.0 Å². The number of phenolic OH excluding ortho intramolecular Hbond substituents is 1. The summed E-state index contributed by atoms with van der Waals surface area (Å²) in [4.78, 5) is 63.5. The number of aryl methyl sites for hydroxylation is 2. The molecule has 3 N–H and O–H groups in total. The number of hydrogen-bond donors (Lipinski definition) is 3. The molecule has 2 unspecified atom stereocenters. The predicted octanol–water partition coefficient (Wildman–Crippen LogP) is 14.3. The molecule has 0 fully saturated rings. The Morgan fingerprint density at radius 1 is 0.506 bits per heavy atom. The van der Waals surface area contributed by atoms with Gasteiger partial charge in [-0.05, 0) is 84.6 Å². The van der Waals surface area contributed by atoms with Crippen LogP contribution in [0.1, 0.15) is 85.0 Å². The number of anilines is 4. The van der Waals surface area contributed by atoms with Gasteiger partial charge >= 0.3 is 29.8 Å². The molecule has 0 aliphatic carbocycles. The number of phenols is 1. The normalized spacial score (nSPS) is 16.4. The van der Waals surface area contributed by atoms with Crippen LogP contribution in [0.4, 0.5) is 22.7 Å². The number of halogens is 4. The zero-order valence-corrected chi connectivity index (χ0v) is 46.0. The second-order valence-corrected chi connectivity index (χ2v) is 21.1. The van der Waals surface area contributed by atoms with Gasteiger partial charge in [-0.3, -0.25) is 14.4 Å². The Bertz CT molecular complexity index is 3970. The van der Waals surface area contributed by atoms with Crippen molar-refractivity contribution in [2.24, 2.45) is 0 Å². The van der Waals surface area contributed by atoms with Crippen LogP contribution in [-0.2, 0) is 47.9 Å². The molecule has 12 rings (SSSR count). The zero-order valence-electron chi connectivity index (χ0n) is 43.0. The number of aliphatic carboxylic acids is 2. The molecule has 19 heteroatoms. The minimum atomic E-state index is -1.42. The van der Waals surface area contributed by atoms with Crippen LogP contribution in [0.25, 0.3) is 0 Å². The summed E-state index contributed by atoms with van der Waals surface area (Å²) in [6.45, 7) is 1.27. The number of carbonyl (C=O) groups is 5. The summed E-state index contributed by atoms with van der Waals surface area (Å²) in [6.07, 6.45) is 0.963. The van der Waals surface area contributed by atoms with E-state index in [0.29, 0.717) is 102 Å². The summed E-state index contributed by atoms with van der Waals surface area (Å²) >= 11 is 26.6. The molecule has 15 nitrogen and oxygen atoms in total. The van der Waals surface area contributed by atoms with Crippen LogP contribution in [0, 0.1) is 0 Å². The van der Waals surface area contributed by atoms with Crippen molar-refractivity contribution in [3.63, 3.8) is 0 Å². The number of carbonyl (C=O) groups excluding carboxylic acids is 3. The quantitative estimate of drug-likeness (QED) is 0.0816. The first-order valence-corrected chi connectivity index (χ1v) is 26.6. The number of nitrogens with zero attached hydrogens (tertiary/aromatic N) is 2. The van der Waals surface area contributed by atoms with Gasteiger partial charge in [0.1, 0.15) is 28.7 Å². The SMILES string of the molecule is CC(=O)Oc1cc2c(cc1Cl)C1(OC(=O)c3ccccc31)c1cc(Cl)c(N(C)c3ccc(CCC(=O)O)cc3)cc1O2.CN(c1ccc(CCC(=O)O)cc1)c1cc2c(cc1Cl)C1(OC(=O)c3ccccc31)c1cc(Cl)c(O)cc1O2. The fraction of sp³-hybridized carbons (Fsp3) is 0.145. The zero-order chi connectivity index (χ0) is 57.2. The largest absolute Gasteiger partial charge is 0.506 e. The molecule has 4 aliphatic heterocycles. The lowest BCUT2D eigenvalue weighted by Gasteiger charge is -2.37. The molecule has 4 heterocycles. The summed E-state index contributed by atoms with van der Waals surface area (Å²) in [7, 11) is 3.69. The molecule has 2 spiro atoms. The van der Waals surface area contributed by atoms with E-state index in [-0.39, 0.29) is 34.4 Å². The van der Waals surface area contributed by atoms with Crippen molar-refractivity contribution in [3.8, 4) is 34.5 Å². The van der Waals surface area contributed by atoms with E-state index in [9.17, 15) is 29.1 Å². The molecule has 0 radical (unpaired) electrons. The van der Waals surface area contributed by atoms with Crippen LogP contribution < -0.4 is 24.0 Å². The van der Waals surface area contributed by atoms with E-state index in [2.05, 4.69) is 0 Å². The highest BCUT2D eigenvalue weighted by molar-refractivity contribution is 6.34. The third kappa shape index (κ3) is 9.55. The monoisotopic (exact) mass is 1160 g/mol. The average molecular weight is 1170 g/mol. The van der Waals surface area contributed by atoms with Crippen LogP contribution in [-0.4, -0.2) is 59.3 Å². The number of carboxylic acids is 2. The van der Waals surface area contributed by atoms with Crippen LogP contribution in [0.5, 0.6) is 34.5 Å². The third-order valence-corrected chi connectivity index (χ3v) is 15.8. The molecule has 2 atom stereocenters. The number of benzene rings is 8. The van der Waals surface area contributed by atoms with Crippen LogP contribution >= 0.6 is 46.4 Å². The molecule has 408 valence electrons. The molecule has 81 heavy (non-hydrogen) atoms. The van der Waals surface area contributed by atoms with Crippen molar-refractivity contribution in [1.82, 2.24) is 0 Å². The minimum Gasteiger partial charge on any atom is -0.506 e. The van der Waals surface area contributed by atoms with Crippen molar-refractivity contribution in [1.29, 1.82) is 0 Å². The van der Waals surface area contributed by atoms with Crippen molar-refractivity contribution >= 4 is 99.0 Å². The van der Waals surface area contributed by atoms with E-state index in [1.165, 1.54) is 19.1 Å². The maximum Gasteiger partial charge on any atom is 0.340 e. The summed E-state index contributed by atoms with van der Waals surface area (Å²) in [5.74, 6) is -1.93. The highest BCUT2D eigenvalue weighted by atomic mass is 35.5. The van der Waals surface area contributed by atoms with Crippen molar-refractivity contribution in [3.05, 3.63) is 221 Å². The smallest absolute Gasteiger partial charge is 0.340 e. The van der Waals surface area contributed by atoms with Crippen molar-refractivity contribution in [2.45, 2.75) is 43.8 Å². The molecule has 0 saturated carbocycles. The number of fused-ring (bicyclic) bond motifs is 12. The van der Waals surface area contributed by atoms with Gasteiger partial charge in [0.15, 0.2) is 17.0 Å². The molecule has 0 saturated heterocycles. The van der Waals surface area contributed by atoms with Crippen LogP contribution in [0.15, 0.2) is 146 Å². The summed E-state index contributed by atoms with van der Waals surface area (Å²) < 4.78 is 30.2. The van der Waals surface area contributed by atoms with Crippen LogP contribution in [0.3, 0.4) is 0 Å². The Balaban J connectivity index is 0.000000171. The lowest BCUT2D eigenvalue weighted by Crippen LogP contribution is -2.33. The fourth-order valence-corrected chi connectivity index (χ4v) is 11.6. The lowest BCUT2D eigenvalue weighted by atomic mass is 9.77. The third-order valence-electron chi connectivity index (χ3n) is 14.6. The van der Waals surface area contributed by atoms with Gasteiger partial charge in [-0.2, -0.15) is 0 Å². The minimum absolute atomic E-state index is 0.0461. The van der Waals surface area contributed by atoms with Gasteiger partial charge in [0.2, 0.25) is 0 Å². The Kier molecular flexibility index (Phi) is 14.1. The number of aromatic hydroxyl groups is 1. The molecule has 0 aromatic heterocycles. The molecule has 4 aliphatic rings.